The lowest BCUT2D eigenvalue weighted by Gasteiger charge is -2.08. The van der Waals surface area contributed by atoms with Crippen molar-refractivity contribution in [2.45, 2.75) is 19.6 Å². The van der Waals surface area contributed by atoms with Gasteiger partial charge in [0.2, 0.25) is 0 Å². The van der Waals surface area contributed by atoms with Gasteiger partial charge in [-0.15, -0.1) is 0 Å². The van der Waals surface area contributed by atoms with Crippen molar-refractivity contribution in [3.63, 3.8) is 0 Å². The molecule has 1 aromatic heterocycles. The smallest absolute Gasteiger partial charge is 0.340 e. The van der Waals surface area contributed by atoms with Gasteiger partial charge in [-0.1, -0.05) is 30.3 Å². The number of amides is 1. The van der Waals surface area contributed by atoms with Gasteiger partial charge in [0.15, 0.2) is 6.10 Å². The molecule has 0 fully saturated rings. The summed E-state index contributed by atoms with van der Waals surface area (Å²) in [5.41, 5.74) is 6.58. The largest absolute Gasteiger partial charge is 0.449 e. The Balaban J connectivity index is 2.02. The van der Waals surface area contributed by atoms with Crippen molar-refractivity contribution in [1.29, 1.82) is 0 Å². The molecule has 0 aliphatic rings. The second-order valence-electron chi connectivity index (χ2n) is 4.51. The predicted octanol–water partition coefficient (Wildman–Crippen LogP) is 1.57. The first-order valence-corrected chi connectivity index (χ1v) is 6.26. The minimum absolute atomic E-state index is 0.397. The van der Waals surface area contributed by atoms with Crippen LogP contribution in [0.1, 0.15) is 22.8 Å². The van der Waals surface area contributed by atoms with Gasteiger partial charge in [-0.3, -0.25) is 4.79 Å². The summed E-state index contributed by atoms with van der Waals surface area (Å²) in [5, 5.41) is 0. The van der Waals surface area contributed by atoms with E-state index >= 15 is 0 Å². The number of carbonyl (C=O) groups excluding carboxylic acids is 2. The van der Waals surface area contributed by atoms with Gasteiger partial charge in [-0.2, -0.15) is 0 Å². The lowest BCUT2D eigenvalue weighted by atomic mass is 10.2. The molecule has 0 spiro atoms. The molecule has 0 unspecified atom stereocenters. The zero-order valence-corrected chi connectivity index (χ0v) is 11.2. The number of nitrogens with zero attached hydrogens (tertiary/aromatic N) is 1. The standard InChI is InChI=1S/C15H16N2O3/c1-11(14(16)18)20-15(19)13-7-8-17(10-13)9-12-5-3-2-4-6-12/h2-8,10-11H,9H2,1H3,(H2,16,18)/t11-/m1/s1. The van der Waals surface area contributed by atoms with Crippen molar-refractivity contribution in [2.75, 3.05) is 0 Å². The van der Waals surface area contributed by atoms with Crippen LogP contribution < -0.4 is 5.73 Å². The van der Waals surface area contributed by atoms with Crippen LogP contribution in [-0.4, -0.2) is 22.5 Å². The van der Waals surface area contributed by atoms with Crippen molar-refractivity contribution in [3.8, 4) is 0 Å². The molecule has 1 atom stereocenters. The van der Waals surface area contributed by atoms with E-state index in [1.165, 1.54) is 6.92 Å². The molecule has 2 rings (SSSR count). The van der Waals surface area contributed by atoms with Crippen molar-refractivity contribution in [3.05, 3.63) is 59.9 Å². The van der Waals surface area contributed by atoms with E-state index in [1.807, 2.05) is 34.9 Å². The third kappa shape index (κ3) is 3.47. The van der Waals surface area contributed by atoms with Gasteiger partial charge < -0.3 is 15.0 Å². The van der Waals surface area contributed by atoms with Crippen LogP contribution in [-0.2, 0) is 16.1 Å². The second kappa shape index (κ2) is 6.06. The molecule has 2 aromatic rings. The molecule has 104 valence electrons. The first kappa shape index (κ1) is 13.9. The number of hydrogen-bond acceptors (Lipinski definition) is 3. The van der Waals surface area contributed by atoms with Crippen LogP contribution in [0.25, 0.3) is 0 Å². The van der Waals surface area contributed by atoms with Crippen molar-refractivity contribution in [2.24, 2.45) is 5.73 Å². The van der Waals surface area contributed by atoms with E-state index in [0.717, 1.165) is 5.56 Å². The first-order chi connectivity index (χ1) is 9.56. The fourth-order valence-electron chi connectivity index (χ4n) is 1.74. The second-order valence-corrected chi connectivity index (χ2v) is 4.51. The van der Waals surface area contributed by atoms with Crippen LogP contribution >= 0.6 is 0 Å². The average molecular weight is 272 g/mol. The molecule has 0 aliphatic heterocycles. The van der Waals surface area contributed by atoms with Crippen molar-refractivity contribution in [1.82, 2.24) is 4.57 Å². The molecule has 2 N–H and O–H groups in total. The first-order valence-electron chi connectivity index (χ1n) is 6.26. The number of ether oxygens (including phenoxy) is 1. The van der Waals surface area contributed by atoms with Crippen molar-refractivity contribution < 1.29 is 14.3 Å². The Hall–Kier alpha value is -2.56. The fourth-order valence-corrected chi connectivity index (χ4v) is 1.74. The molecule has 0 saturated heterocycles. The molecular weight excluding hydrogens is 256 g/mol. The number of nitrogens with two attached hydrogens (primary N) is 1. The SMILES string of the molecule is C[C@@H](OC(=O)c1ccn(Cc2ccccc2)c1)C(N)=O. The number of esters is 1. The Morgan fingerprint density at radius 3 is 2.60 bits per heavy atom. The Kier molecular flexibility index (Phi) is 4.20. The maximum atomic E-state index is 11.8. The van der Waals surface area contributed by atoms with Crippen molar-refractivity contribution >= 4 is 11.9 Å². The third-order valence-corrected chi connectivity index (χ3v) is 2.88. The normalized spacial score (nSPS) is 11.8. The molecule has 1 heterocycles. The highest BCUT2D eigenvalue weighted by atomic mass is 16.5. The van der Waals surface area contributed by atoms with Gasteiger partial charge in [0.25, 0.3) is 5.91 Å². The van der Waals surface area contributed by atoms with Gasteiger partial charge >= 0.3 is 5.97 Å². The zero-order chi connectivity index (χ0) is 14.5. The highest BCUT2D eigenvalue weighted by Gasteiger charge is 2.16. The highest BCUT2D eigenvalue weighted by Crippen LogP contribution is 2.08. The molecule has 5 nitrogen and oxygen atoms in total. The summed E-state index contributed by atoms with van der Waals surface area (Å²) in [6.45, 7) is 2.11. The van der Waals surface area contributed by atoms with E-state index in [1.54, 1.807) is 18.5 Å². The van der Waals surface area contributed by atoms with Gasteiger partial charge in [0.05, 0.1) is 5.56 Å². The van der Waals surface area contributed by atoms with Gasteiger partial charge in [-0.25, -0.2) is 4.79 Å². The van der Waals surface area contributed by atoms with Crippen LogP contribution in [0.15, 0.2) is 48.8 Å². The fraction of sp³-hybridized carbons (Fsp3) is 0.200. The number of aromatic nitrogens is 1. The van der Waals surface area contributed by atoms with E-state index in [0.29, 0.717) is 12.1 Å². The van der Waals surface area contributed by atoms with Crippen LogP contribution in [0.4, 0.5) is 0 Å². The lowest BCUT2D eigenvalue weighted by Crippen LogP contribution is -2.30. The van der Waals surface area contributed by atoms with Crippen LogP contribution in [0.5, 0.6) is 0 Å². The summed E-state index contributed by atoms with van der Waals surface area (Å²) >= 11 is 0. The van der Waals surface area contributed by atoms with Crippen LogP contribution in [0.3, 0.4) is 0 Å². The predicted molar refractivity (Wildman–Crippen MR) is 74.0 cm³/mol. The van der Waals surface area contributed by atoms with E-state index in [-0.39, 0.29) is 0 Å². The molecule has 0 radical (unpaired) electrons. The number of rotatable bonds is 5. The van der Waals surface area contributed by atoms with E-state index in [4.69, 9.17) is 10.5 Å². The molecule has 0 bridgehead atoms. The molecule has 1 amide bonds. The Labute approximate surface area is 117 Å². The minimum atomic E-state index is -0.931. The monoisotopic (exact) mass is 272 g/mol. The number of hydrogen-bond donors (Lipinski definition) is 1. The molecule has 0 aliphatic carbocycles. The summed E-state index contributed by atoms with van der Waals surface area (Å²) in [6, 6.07) is 11.5. The summed E-state index contributed by atoms with van der Waals surface area (Å²) in [6.07, 6.45) is 2.54. The average Bonchev–Trinajstić information content (AvgIpc) is 2.88. The molecule has 5 heteroatoms. The number of benzene rings is 1. The number of carbonyl (C=O) groups is 2. The van der Waals surface area contributed by atoms with Crippen LogP contribution in [0, 0.1) is 0 Å². The third-order valence-electron chi connectivity index (χ3n) is 2.88. The van der Waals surface area contributed by atoms with Gasteiger partial charge in [0.1, 0.15) is 0 Å². The minimum Gasteiger partial charge on any atom is -0.449 e. The summed E-state index contributed by atoms with van der Waals surface area (Å²) in [5.74, 6) is -1.22. The maximum absolute atomic E-state index is 11.8. The highest BCUT2D eigenvalue weighted by molar-refractivity contribution is 5.91. The lowest BCUT2D eigenvalue weighted by molar-refractivity contribution is -0.125. The Morgan fingerprint density at radius 2 is 1.95 bits per heavy atom. The summed E-state index contributed by atoms with van der Waals surface area (Å²) in [7, 11) is 0. The quantitative estimate of drug-likeness (QED) is 0.839. The van der Waals surface area contributed by atoms with E-state index < -0.39 is 18.0 Å². The molecule has 1 aromatic carbocycles. The Morgan fingerprint density at radius 1 is 1.25 bits per heavy atom. The topological polar surface area (TPSA) is 74.3 Å². The van der Waals surface area contributed by atoms with Gasteiger partial charge in [0, 0.05) is 18.9 Å². The zero-order valence-electron chi connectivity index (χ0n) is 11.2. The summed E-state index contributed by atoms with van der Waals surface area (Å²) < 4.78 is 6.81. The molecule has 0 saturated carbocycles. The summed E-state index contributed by atoms with van der Waals surface area (Å²) in [4.78, 5) is 22.6. The van der Waals surface area contributed by atoms with E-state index in [9.17, 15) is 9.59 Å². The molecular formula is C15H16N2O3. The van der Waals surface area contributed by atoms with Crippen LogP contribution in [0.2, 0.25) is 0 Å². The van der Waals surface area contributed by atoms with Gasteiger partial charge in [-0.05, 0) is 18.6 Å². The molecule has 20 heavy (non-hydrogen) atoms. The maximum Gasteiger partial charge on any atom is 0.340 e. The number of primary amides is 1. The van der Waals surface area contributed by atoms with E-state index in [2.05, 4.69) is 0 Å². The Bertz CT molecular complexity index is 605.